The first kappa shape index (κ1) is 13.5. The maximum atomic E-state index is 7.76. The number of pyridine rings is 1. The Morgan fingerprint density at radius 1 is 1.29 bits per heavy atom. The van der Waals surface area contributed by atoms with Crippen LogP contribution >= 0.6 is 11.8 Å². The first-order valence-electron chi connectivity index (χ1n) is 6.21. The van der Waals surface area contributed by atoms with Gasteiger partial charge in [-0.05, 0) is 19.9 Å². The molecule has 0 atom stereocenters. The van der Waals surface area contributed by atoms with E-state index in [1.54, 1.807) is 6.33 Å². The molecule has 0 saturated carbocycles. The third kappa shape index (κ3) is 2.45. The normalized spacial score (nSPS) is 11.0. The van der Waals surface area contributed by atoms with Crippen molar-refractivity contribution in [1.82, 2.24) is 24.9 Å². The third-order valence-electron chi connectivity index (χ3n) is 2.96. The Morgan fingerprint density at radius 3 is 2.86 bits per heavy atom. The van der Waals surface area contributed by atoms with E-state index in [4.69, 9.17) is 11.1 Å². The molecule has 106 valence electrons. The smallest absolute Gasteiger partial charge is 0.181 e. The molecule has 3 aromatic heterocycles. The van der Waals surface area contributed by atoms with Crippen LogP contribution in [0.2, 0.25) is 0 Å². The minimum absolute atomic E-state index is 0.00240. The van der Waals surface area contributed by atoms with Crippen molar-refractivity contribution in [2.75, 3.05) is 0 Å². The third-order valence-corrected chi connectivity index (χ3v) is 4.00. The Balaban J connectivity index is 2.13. The van der Waals surface area contributed by atoms with Gasteiger partial charge < -0.3 is 10.7 Å². The highest BCUT2D eigenvalue weighted by molar-refractivity contribution is 7.99. The van der Waals surface area contributed by atoms with Crippen LogP contribution in [-0.2, 0) is 0 Å². The van der Waals surface area contributed by atoms with Gasteiger partial charge in [0, 0.05) is 16.3 Å². The lowest BCUT2D eigenvalue weighted by molar-refractivity contribution is 1.06. The van der Waals surface area contributed by atoms with E-state index in [9.17, 15) is 0 Å². The van der Waals surface area contributed by atoms with E-state index < -0.39 is 0 Å². The highest BCUT2D eigenvalue weighted by atomic mass is 32.2. The molecule has 3 aromatic rings. The number of imidazole rings is 1. The lowest BCUT2D eigenvalue weighted by atomic mass is 10.1. The number of aromatic nitrogens is 5. The maximum Gasteiger partial charge on any atom is 0.181 e. The topological polar surface area (TPSA) is 117 Å². The Morgan fingerprint density at radius 2 is 2.10 bits per heavy atom. The van der Waals surface area contributed by atoms with Crippen molar-refractivity contribution < 1.29 is 0 Å². The summed E-state index contributed by atoms with van der Waals surface area (Å²) in [5.41, 5.74) is 9.31. The van der Waals surface area contributed by atoms with Crippen LogP contribution in [0.1, 0.15) is 17.0 Å². The molecule has 3 rings (SSSR count). The van der Waals surface area contributed by atoms with E-state index in [0.29, 0.717) is 11.2 Å². The van der Waals surface area contributed by atoms with Gasteiger partial charge in [0.2, 0.25) is 0 Å². The summed E-state index contributed by atoms with van der Waals surface area (Å²) in [4.78, 5) is 20.7. The number of hydrogen-bond acceptors (Lipinski definition) is 6. The molecule has 8 heteroatoms. The van der Waals surface area contributed by atoms with Crippen LogP contribution in [0.5, 0.6) is 0 Å². The molecule has 0 aromatic carbocycles. The predicted octanol–water partition coefficient (Wildman–Crippen LogP) is 1.80. The molecular weight excluding hydrogens is 286 g/mol. The highest BCUT2D eigenvalue weighted by Gasteiger charge is 2.15. The van der Waals surface area contributed by atoms with Crippen molar-refractivity contribution in [3.63, 3.8) is 0 Å². The van der Waals surface area contributed by atoms with Gasteiger partial charge in [-0.1, -0.05) is 11.8 Å². The van der Waals surface area contributed by atoms with Crippen molar-refractivity contribution in [3.8, 4) is 0 Å². The zero-order valence-corrected chi connectivity index (χ0v) is 12.3. The number of H-pyrrole nitrogens is 1. The highest BCUT2D eigenvalue weighted by Crippen LogP contribution is 2.33. The number of nitrogens with zero attached hydrogens (tertiary/aromatic N) is 4. The number of fused-ring (bicyclic) bond motifs is 1. The van der Waals surface area contributed by atoms with Crippen LogP contribution in [-0.4, -0.2) is 30.8 Å². The number of aromatic amines is 1. The fraction of sp³-hybridized carbons (Fsp3) is 0.154. The molecule has 0 aliphatic carbocycles. The van der Waals surface area contributed by atoms with Crippen LogP contribution in [0.15, 0.2) is 28.6 Å². The van der Waals surface area contributed by atoms with Crippen LogP contribution in [0.25, 0.3) is 11.2 Å². The van der Waals surface area contributed by atoms with Crippen molar-refractivity contribution >= 4 is 28.8 Å². The molecule has 7 nitrogen and oxygen atoms in total. The predicted molar refractivity (Wildman–Crippen MR) is 80.5 cm³/mol. The zero-order chi connectivity index (χ0) is 15.0. The van der Waals surface area contributed by atoms with Crippen LogP contribution in [0.3, 0.4) is 0 Å². The molecule has 0 aliphatic heterocycles. The number of nitrogens with one attached hydrogen (secondary N) is 2. The van der Waals surface area contributed by atoms with Crippen LogP contribution in [0.4, 0.5) is 0 Å². The van der Waals surface area contributed by atoms with E-state index in [2.05, 4.69) is 24.9 Å². The minimum atomic E-state index is -0.00240. The number of rotatable bonds is 3. The first-order chi connectivity index (χ1) is 10.1. The van der Waals surface area contributed by atoms with E-state index in [0.717, 1.165) is 26.8 Å². The number of hydrogen-bond donors (Lipinski definition) is 3. The monoisotopic (exact) mass is 299 g/mol. The maximum absolute atomic E-state index is 7.76. The number of amidine groups is 1. The molecule has 0 unspecified atom stereocenters. The zero-order valence-electron chi connectivity index (χ0n) is 11.5. The summed E-state index contributed by atoms with van der Waals surface area (Å²) in [5.74, 6) is -0.00240. The average molecular weight is 299 g/mol. The Hall–Kier alpha value is -2.48. The van der Waals surface area contributed by atoms with Gasteiger partial charge in [0.25, 0.3) is 0 Å². The van der Waals surface area contributed by atoms with Crippen molar-refractivity contribution in [2.24, 2.45) is 5.73 Å². The molecule has 0 fully saturated rings. The van der Waals surface area contributed by atoms with E-state index >= 15 is 0 Å². The summed E-state index contributed by atoms with van der Waals surface area (Å²) in [5, 5.41) is 8.50. The van der Waals surface area contributed by atoms with Crippen LogP contribution in [0, 0.1) is 19.3 Å². The quantitative estimate of drug-likeness (QED) is 0.385. The van der Waals surface area contributed by atoms with E-state index in [1.807, 2.05) is 19.9 Å². The SMILES string of the molecule is Cc1cc(Sc2ncnc3nc[nH]c23)c(C(=N)N)c(C)n1. The van der Waals surface area contributed by atoms with Gasteiger partial charge >= 0.3 is 0 Å². The number of nitrogens with two attached hydrogens (primary N) is 1. The molecule has 0 radical (unpaired) electrons. The molecule has 0 bridgehead atoms. The summed E-state index contributed by atoms with van der Waals surface area (Å²) in [6.45, 7) is 3.76. The second kappa shape index (κ2) is 5.13. The summed E-state index contributed by atoms with van der Waals surface area (Å²) >= 11 is 1.42. The van der Waals surface area contributed by atoms with Crippen molar-refractivity contribution in [2.45, 2.75) is 23.8 Å². The van der Waals surface area contributed by atoms with Crippen molar-refractivity contribution in [1.29, 1.82) is 5.41 Å². The standard InChI is InChI=1S/C13H13N7S/c1-6-3-8(9(11(14)15)7(2)20-6)21-13-10-12(17-4-16-10)18-5-19-13/h3-5H,1-2H3,(H3,14,15)(H,16,17,18,19). The molecule has 3 heterocycles. The molecular formula is C13H13N7S. The molecule has 0 aliphatic rings. The summed E-state index contributed by atoms with van der Waals surface area (Å²) in [6.07, 6.45) is 3.05. The van der Waals surface area contributed by atoms with Gasteiger partial charge in [-0.15, -0.1) is 0 Å². The summed E-state index contributed by atoms with van der Waals surface area (Å²) in [7, 11) is 0. The van der Waals surface area contributed by atoms with Crippen molar-refractivity contribution in [3.05, 3.63) is 35.7 Å². The number of aryl methyl sites for hydroxylation is 2. The van der Waals surface area contributed by atoms with Gasteiger partial charge in [0.15, 0.2) is 5.65 Å². The van der Waals surface area contributed by atoms with Gasteiger partial charge in [-0.25, -0.2) is 15.0 Å². The number of nitrogen functional groups attached to an aromatic ring is 1. The van der Waals surface area contributed by atoms with Gasteiger partial charge in [0.05, 0.1) is 11.9 Å². The van der Waals surface area contributed by atoms with E-state index in [1.165, 1.54) is 18.1 Å². The lowest BCUT2D eigenvalue weighted by Crippen LogP contribution is -2.15. The first-order valence-corrected chi connectivity index (χ1v) is 7.02. The van der Waals surface area contributed by atoms with Crippen LogP contribution < -0.4 is 5.73 Å². The summed E-state index contributed by atoms with van der Waals surface area (Å²) < 4.78 is 0. The second-order valence-electron chi connectivity index (χ2n) is 4.52. The fourth-order valence-corrected chi connectivity index (χ4v) is 3.28. The summed E-state index contributed by atoms with van der Waals surface area (Å²) in [6, 6.07) is 1.90. The fourth-order valence-electron chi connectivity index (χ4n) is 2.13. The Bertz CT molecular complexity index is 840. The molecule has 21 heavy (non-hydrogen) atoms. The largest absolute Gasteiger partial charge is 0.384 e. The second-order valence-corrected chi connectivity index (χ2v) is 5.55. The van der Waals surface area contributed by atoms with Gasteiger partial charge in [-0.2, -0.15) is 0 Å². The Kier molecular flexibility index (Phi) is 3.30. The minimum Gasteiger partial charge on any atom is -0.384 e. The molecule has 0 spiro atoms. The molecule has 0 saturated heterocycles. The average Bonchev–Trinajstić information content (AvgIpc) is 2.86. The lowest BCUT2D eigenvalue weighted by Gasteiger charge is -2.11. The molecule has 0 amide bonds. The van der Waals surface area contributed by atoms with Gasteiger partial charge in [0.1, 0.15) is 22.7 Å². The molecule has 4 N–H and O–H groups in total. The van der Waals surface area contributed by atoms with E-state index in [-0.39, 0.29) is 5.84 Å². The van der Waals surface area contributed by atoms with Gasteiger partial charge in [-0.3, -0.25) is 10.4 Å². The Labute approximate surface area is 125 Å².